The van der Waals surface area contributed by atoms with Gasteiger partial charge in [-0.3, -0.25) is 4.72 Å². The quantitative estimate of drug-likeness (QED) is 0.236. The van der Waals surface area contributed by atoms with Crippen molar-refractivity contribution >= 4 is 43.9 Å². The molecule has 5 aromatic rings. The fraction of sp³-hybridized carbons (Fsp3) is 0.214. The first-order valence-electron chi connectivity index (χ1n) is 13.3. The number of nitrogens with one attached hydrogen (secondary N) is 2. The van der Waals surface area contributed by atoms with Gasteiger partial charge in [0.2, 0.25) is 0 Å². The molecule has 0 radical (unpaired) electrons. The smallest absolute Gasteiger partial charge is 0.262 e. The van der Waals surface area contributed by atoms with Crippen LogP contribution in [0.1, 0.15) is 17.7 Å². The van der Waals surface area contributed by atoms with E-state index >= 15 is 4.39 Å². The lowest BCUT2D eigenvalue weighted by atomic mass is 10.1. The first kappa shape index (κ1) is 28.4. The topological polar surface area (TPSA) is 138 Å². The number of sulfonamides is 1. The lowest BCUT2D eigenvalue weighted by Gasteiger charge is -2.26. The van der Waals surface area contributed by atoms with Crippen LogP contribution in [0.25, 0.3) is 16.9 Å². The molecule has 3 aromatic heterocycles. The summed E-state index contributed by atoms with van der Waals surface area (Å²) in [6, 6.07) is 8.67. The van der Waals surface area contributed by atoms with Gasteiger partial charge in [-0.05, 0) is 56.2 Å². The highest BCUT2D eigenvalue weighted by molar-refractivity contribution is 7.92. The van der Waals surface area contributed by atoms with Crippen LogP contribution in [0.15, 0.2) is 59.9 Å². The predicted molar refractivity (Wildman–Crippen MR) is 154 cm³/mol. The molecule has 4 heterocycles. The number of pyridine rings is 1. The number of benzene rings is 2. The Kier molecular flexibility index (Phi) is 7.35. The van der Waals surface area contributed by atoms with Crippen LogP contribution in [0.4, 0.5) is 36.1 Å². The second-order valence-corrected chi connectivity index (χ2v) is 11.5. The minimum absolute atomic E-state index is 0.00539. The summed E-state index contributed by atoms with van der Waals surface area (Å²) in [7, 11) is -4.42. The van der Waals surface area contributed by atoms with Crippen LogP contribution in [0.2, 0.25) is 0 Å². The van der Waals surface area contributed by atoms with E-state index in [9.17, 15) is 22.3 Å². The van der Waals surface area contributed by atoms with Gasteiger partial charge in [0.25, 0.3) is 10.0 Å². The van der Waals surface area contributed by atoms with Gasteiger partial charge in [0, 0.05) is 18.7 Å². The highest BCUT2D eigenvalue weighted by Crippen LogP contribution is 2.32. The fourth-order valence-electron chi connectivity index (χ4n) is 4.96. The minimum Gasteiger partial charge on any atom is -0.395 e. The number of aliphatic hydroxyl groups excluding tert-OH is 1. The van der Waals surface area contributed by atoms with Gasteiger partial charge in [0.1, 0.15) is 29.2 Å². The average Bonchev–Trinajstić information content (AvgIpc) is 3.43. The summed E-state index contributed by atoms with van der Waals surface area (Å²) in [5.41, 5.74) is 0.916. The molecule has 1 aliphatic heterocycles. The predicted octanol–water partition coefficient (Wildman–Crippen LogP) is 4.23. The molecule has 222 valence electrons. The zero-order valence-corrected chi connectivity index (χ0v) is 23.5. The lowest BCUT2D eigenvalue weighted by Crippen LogP contribution is -2.31. The highest BCUT2D eigenvalue weighted by atomic mass is 32.2. The van der Waals surface area contributed by atoms with E-state index < -0.39 is 38.8 Å². The van der Waals surface area contributed by atoms with Crippen molar-refractivity contribution in [3.63, 3.8) is 0 Å². The van der Waals surface area contributed by atoms with E-state index in [1.54, 1.807) is 16.8 Å². The molecule has 0 fully saturated rings. The summed E-state index contributed by atoms with van der Waals surface area (Å²) in [6.07, 6.45) is 4.67. The Morgan fingerprint density at radius 2 is 1.88 bits per heavy atom. The van der Waals surface area contributed by atoms with Crippen molar-refractivity contribution < 1.29 is 26.7 Å². The molecule has 0 saturated heterocycles. The zero-order valence-electron chi connectivity index (χ0n) is 22.7. The maximum Gasteiger partial charge on any atom is 0.262 e. The van der Waals surface area contributed by atoms with Crippen molar-refractivity contribution in [2.45, 2.75) is 24.7 Å². The van der Waals surface area contributed by atoms with Gasteiger partial charge >= 0.3 is 0 Å². The molecule has 0 spiro atoms. The standard InChI is InChI=1S/C28H25F3N8O3S/c1-16-17(29)4-2-6-23(16)43(41,42)37-20-8-7-18(30)26(25(20)31)35-28-27-21(32-15-33-28)9-10-24(34-27)39-14-22-19(36-39)5-3-11-38(22)12-13-40/h2,4,6-10,14-15,37,40H,3,5,11-13H2,1H3,(H,32,33,35). The maximum atomic E-state index is 15.6. The molecule has 43 heavy (non-hydrogen) atoms. The number of aryl methyl sites for hydroxylation is 1. The van der Waals surface area contributed by atoms with Crippen LogP contribution >= 0.6 is 0 Å². The third-order valence-electron chi connectivity index (χ3n) is 7.11. The number of aliphatic hydroxyl groups is 1. The van der Waals surface area contributed by atoms with Crippen LogP contribution in [-0.4, -0.2) is 58.0 Å². The molecule has 0 unspecified atom stereocenters. The van der Waals surface area contributed by atoms with Crippen molar-refractivity contribution in [3.8, 4) is 5.82 Å². The van der Waals surface area contributed by atoms with Crippen molar-refractivity contribution in [1.82, 2.24) is 24.7 Å². The van der Waals surface area contributed by atoms with Crippen LogP contribution in [-0.2, 0) is 16.4 Å². The molecule has 1 aliphatic rings. The SMILES string of the molecule is Cc1c(F)cccc1S(=O)(=O)Nc1ccc(F)c(Nc2ncnc3ccc(-n4cc5c(n4)CCCN5CCO)nc23)c1F. The number of hydrogen-bond donors (Lipinski definition) is 3. The monoisotopic (exact) mass is 610 g/mol. The minimum atomic E-state index is -4.42. The zero-order chi connectivity index (χ0) is 30.3. The van der Waals surface area contributed by atoms with E-state index in [1.165, 1.54) is 25.4 Å². The van der Waals surface area contributed by atoms with Crippen LogP contribution in [0, 0.1) is 24.4 Å². The second-order valence-electron chi connectivity index (χ2n) is 9.86. The number of hydrogen-bond acceptors (Lipinski definition) is 9. The third-order valence-corrected chi connectivity index (χ3v) is 8.62. The molecule has 0 saturated carbocycles. The van der Waals surface area contributed by atoms with E-state index in [-0.39, 0.29) is 28.4 Å². The molecule has 0 bridgehead atoms. The number of nitrogens with zero attached hydrogens (tertiary/aromatic N) is 6. The van der Waals surface area contributed by atoms with Crippen LogP contribution in [0.5, 0.6) is 0 Å². The number of aromatic nitrogens is 5. The summed E-state index contributed by atoms with van der Waals surface area (Å²) in [5.74, 6) is -2.65. The number of β-amino-alcohol motifs (C(OH)–C–C–N with tert-alkyl or cyclic N) is 1. The Morgan fingerprint density at radius 3 is 2.70 bits per heavy atom. The molecule has 11 nitrogen and oxygen atoms in total. The van der Waals surface area contributed by atoms with Crippen LogP contribution in [0.3, 0.4) is 0 Å². The summed E-state index contributed by atoms with van der Waals surface area (Å²) in [4.78, 5) is 14.6. The largest absolute Gasteiger partial charge is 0.395 e. The van der Waals surface area contributed by atoms with Crippen molar-refractivity contribution in [3.05, 3.63) is 83.7 Å². The molecule has 2 aromatic carbocycles. The van der Waals surface area contributed by atoms with Crippen molar-refractivity contribution in [2.75, 3.05) is 34.6 Å². The normalized spacial score (nSPS) is 13.3. The molecule has 0 atom stereocenters. The average molecular weight is 611 g/mol. The Hall–Kier alpha value is -4.76. The first-order chi connectivity index (χ1) is 20.7. The summed E-state index contributed by atoms with van der Waals surface area (Å²) < 4.78 is 74.1. The van der Waals surface area contributed by atoms with Gasteiger partial charge in [0.15, 0.2) is 17.5 Å². The number of fused-ring (bicyclic) bond motifs is 2. The van der Waals surface area contributed by atoms with E-state index in [1.807, 2.05) is 11.1 Å². The Morgan fingerprint density at radius 1 is 1.05 bits per heavy atom. The number of halogens is 3. The Bertz CT molecular complexity index is 1970. The van der Waals surface area contributed by atoms with Gasteiger partial charge in [-0.1, -0.05) is 6.07 Å². The molecule has 15 heteroatoms. The number of anilines is 4. The fourth-order valence-corrected chi connectivity index (χ4v) is 6.28. The molecular weight excluding hydrogens is 585 g/mol. The molecular formula is C28H25F3N8O3S. The molecule has 0 amide bonds. The van der Waals surface area contributed by atoms with Gasteiger partial charge in [-0.25, -0.2) is 41.2 Å². The maximum absolute atomic E-state index is 15.6. The second kappa shape index (κ2) is 11.1. The van der Waals surface area contributed by atoms with Gasteiger partial charge in [0.05, 0.1) is 40.3 Å². The molecule has 0 aliphatic carbocycles. The summed E-state index contributed by atoms with van der Waals surface area (Å²) in [6.45, 7) is 2.55. The Balaban J connectivity index is 1.35. The molecule has 3 N–H and O–H groups in total. The number of rotatable bonds is 8. The molecule has 6 rings (SSSR count). The van der Waals surface area contributed by atoms with Crippen LogP contribution < -0.4 is 14.9 Å². The Labute approximate surface area is 244 Å². The van der Waals surface area contributed by atoms with E-state index in [0.29, 0.717) is 17.9 Å². The third kappa shape index (κ3) is 5.32. The van der Waals surface area contributed by atoms with Gasteiger partial charge in [-0.15, -0.1) is 0 Å². The van der Waals surface area contributed by atoms with Crippen molar-refractivity contribution in [2.24, 2.45) is 0 Å². The highest BCUT2D eigenvalue weighted by Gasteiger charge is 2.24. The van der Waals surface area contributed by atoms with E-state index in [2.05, 4.69) is 30.1 Å². The van der Waals surface area contributed by atoms with Gasteiger partial charge in [-0.2, -0.15) is 5.10 Å². The van der Waals surface area contributed by atoms with Gasteiger partial charge < -0.3 is 15.3 Å². The lowest BCUT2D eigenvalue weighted by molar-refractivity contribution is 0.301. The van der Waals surface area contributed by atoms with E-state index in [0.717, 1.165) is 49.0 Å². The first-order valence-corrected chi connectivity index (χ1v) is 14.7. The summed E-state index contributed by atoms with van der Waals surface area (Å²) >= 11 is 0. The van der Waals surface area contributed by atoms with Crippen molar-refractivity contribution in [1.29, 1.82) is 0 Å². The van der Waals surface area contributed by atoms with E-state index in [4.69, 9.17) is 0 Å². The summed E-state index contributed by atoms with van der Waals surface area (Å²) in [5, 5.41) is 16.7.